The van der Waals surface area contributed by atoms with Crippen molar-refractivity contribution in [2.45, 2.75) is 6.42 Å². The molecule has 0 unspecified atom stereocenters. The summed E-state index contributed by atoms with van der Waals surface area (Å²) in [5, 5.41) is 0. The first-order valence-corrected chi connectivity index (χ1v) is 6.75. The summed E-state index contributed by atoms with van der Waals surface area (Å²) in [6.45, 7) is 0.797. The first-order valence-electron chi connectivity index (χ1n) is 5.35. The molecule has 0 radical (unpaired) electrons. The Morgan fingerprint density at radius 1 is 1.41 bits per heavy atom. The molecule has 0 atom stereocenters. The SMILES string of the molecule is CSCCCOc1cc2c(cc1C=O)OCO2. The second kappa shape index (κ2) is 5.82. The van der Waals surface area contributed by atoms with Gasteiger partial charge in [-0.2, -0.15) is 11.8 Å². The summed E-state index contributed by atoms with van der Waals surface area (Å²) >= 11 is 1.77. The molecule has 0 saturated carbocycles. The maximum atomic E-state index is 10.9. The third kappa shape index (κ3) is 2.85. The van der Waals surface area contributed by atoms with E-state index < -0.39 is 0 Å². The van der Waals surface area contributed by atoms with E-state index in [2.05, 4.69) is 6.26 Å². The van der Waals surface area contributed by atoms with Crippen molar-refractivity contribution in [3.05, 3.63) is 17.7 Å². The molecule has 92 valence electrons. The van der Waals surface area contributed by atoms with Crippen molar-refractivity contribution >= 4 is 18.0 Å². The number of rotatable bonds is 6. The van der Waals surface area contributed by atoms with E-state index in [1.54, 1.807) is 23.9 Å². The fourth-order valence-corrected chi connectivity index (χ4v) is 1.95. The van der Waals surface area contributed by atoms with Crippen LogP contribution in [0.3, 0.4) is 0 Å². The lowest BCUT2D eigenvalue weighted by Crippen LogP contribution is -2.01. The zero-order chi connectivity index (χ0) is 12.1. The molecule has 0 amide bonds. The lowest BCUT2D eigenvalue weighted by Gasteiger charge is -2.08. The van der Waals surface area contributed by atoms with Gasteiger partial charge in [-0.05, 0) is 24.5 Å². The molecular formula is C12H14O4S. The van der Waals surface area contributed by atoms with Crippen molar-refractivity contribution in [2.75, 3.05) is 25.4 Å². The van der Waals surface area contributed by atoms with Gasteiger partial charge in [0.1, 0.15) is 5.75 Å². The summed E-state index contributed by atoms with van der Waals surface area (Å²) in [6, 6.07) is 3.37. The van der Waals surface area contributed by atoms with Crippen LogP contribution >= 0.6 is 11.8 Å². The fraction of sp³-hybridized carbons (Fsp3) is 0.417. The van der Waals surface area contributed by atoms with E-state index in [0.717, 1.165) is 18.5 Å². The molecule has 0 saturated heterocycles. The molecule has 1 aromatic carbocycles. The number of aldehydes is 1. The van der Waals surface area contributed by atoms with Crippen molar-refractivity contribution in [3.8, 4) is 17.2 Å². The van der Waals surface area contributed by atoms with Gasteiger partial charge in [0.05, 0.1) is 12.2 Å². The number of fused-ring (bicyclic) bond motifs is 1. The number of hydrogen-bond donors (Lipinski definition) is 0. The standard InChI is InChI=1S/C12H14O4S/c1-17-4-2-3-14-10-6-12-11(15-8-16-12)5-9(10)7-13/h5-7H,2-4,8H2,1H3. The van der Waals surface area contributed by atoms with Crippen molar-refractivity contribution in [2.24, 2.45) is 0 Å². The van der Waals surface area contributed by atoms with Crippen molar-refractivity contribution < 1.29 is 19.0 Å². The molecule has 2 rings (SSSR count). The number of benzene rings is 1. The maximum Gasteiger partial charge on any atom is 0.231 e. The molecular weight excluding hydrogens is 240 g/mol. The quantitative estimate of drug-likeness (QED) is 0.576. The average molecular weight is 254 g/mol. The van der Waals surface area contributed by atoms with Crippen LogP contribution in [-0.4, -0.2) is 31.7 Å². The monoisotopic (exact) mass is 254 g/mol. The number of hydrogen-bond acceptors (Lipinski definition) is 5. The second-order valence-electron chi connectivity index (χ2n) is 3.56. The Morgan fingerprint density at radius 2 is 2.18 bits per heavy atom. The van der Waals surface area contributed by atoms with Gasteiger partial charge in [-0.25, -0.2) is 0 Å². The van der Waals surface area contributed by atoms with Crippen LogP contribution in [0.2, 0.25) is 0 Å². The molecule has 4 nitrogen and oxygen atoms in total. The van der Waals surface area contributed by atoms with Crippen LogP contribution in [0, 0.1) is 0 Å². The molecule has 1 aromatic rings. The number of carbonyl (C=O) groups excluding carboxylic acids is 1. The maximum absolute atomic E-state index is 10.9. The average Bonchev–Trinajstić information content (AvgIpc) is 2.80. The first kappa shape index (κ1) is 12.1. The van der Waals surface area contributed by atoms with Gasteiger partial charge in [-0.15, -0.1) is 0 Å². The molecule has 0 bridgehead atoms. The van der Waals surface area contributed by atoms with Gasteiger partial charge in [0.2, 0.25) is 6.79 Å². The van der Waals surface area contributed by atoms with Crippen LogP contribution in [0.5, 0.6) is 17.2 Å². The number of thioether (sulfide) groups is 1. The molecule has 0 N–H and O–H groups in total. The summed E-state index contributed by atoms with van der Waals surface area (Å²) in [5.41, 5.74) is 0.499. The van der Waals surface area contributed by atoms with Crippen LogP contribution in [0.25, 0.3) is 0 Å². The number of carbonyl (C=O) groups is 1. The minimum atomic E-state index is 0.198. The third-order valence-corrected chi connectivity index (χ3v) is 3.08. The summed E-state index contributed by atoms with van der Waals surface area (Å²) in [7, 11) is 0. The molecule has 0 aromatic heterocycles. The molecule has 17 heavy (non-hydrogen) atoms. The van der Waals surface area contributed by atoms with Crippen LogP contribution in [0.1, 0.15) is 16.8 Å². The van der Waals surface area contributed by atoms with E-state index in [-0.39, 0.29) is 6.79 Å². The van der Waals surface area contributed by atoms with Gasteiger partial charge in [0.25, 0.3) is 0 Å². The van der Waals surface area contributed by atoms with Gasteiger partial charge in [-0.1, -0.05) is 0 Å². The topological polar surface area (TPSA) is 44.8 Å². The van der Waals surface area contributed by atoms with Gasteiger partial charge < -0.3 is 14.2 Å². The highest BCUT2D eigenvalue weighted by molar-refractivity contribution is 7.98. The number of ether oxygens (including phenoxy) is 3. The van der Waals surface area contributed by atoms with Crippen LogP contribution in [0.15, 0.2) is 12.1 Å². The molecule has 1 aliphatic rings. The molecule has 1 heterocycles. The van der Waals surface area contributed by atoms with E-state index in [0.29, 0.717) is 29.4 Å². The largest absolute Gasteiger partial charge is 0.493 e. The van der Waals surface area contributed by atoms with Gasteiger partial charge in [0, 0.05) is 6.07 Å². The fourth-order valence-electron chi connectivity index (χ4n) is 1.54. The summed E-state index contributed by atoms with van der Waals surface area (Å²) in [4.78, 5) is 10.9. The molecule has 0 aliphatic carbocycles. The third-order valence-electron chi connectivity index (χ3n) is 2.38. The molecule has 1 aliphatic heterocycles. The van der Waals surface area contributed by atoms with E-state index in [1.165, 1.54) is 0 Å². The Kier molecular flexibility index (Phi) is 4.14. The summed E-state index contributed by atoms with van der Waals surface area (Å²) < 4.78 is 16.0. The van der Waals surface area contributed by atoms with E-state index in [4.69, 9.17) is 14.2 Å². The highest BCUT2D eigenvalue weighted by Gasteiger charge is 2.17. The molecule has 0 spiro atoms. The Labute approximate surface area is 104 Å². The van der Waals surface area contributed by atoms with E-state index >= 15 is 0 Å². The molecule has 0 fully saturated rings. The summed E-state index contributed by atoms with van der Waals surface area (Å²) in [6.07, 6.45) is 3.77. The predicted molar refractivity (Wildman–Crippen MR) is 66.4 cm³/mol. The zero-order valence-electron chi connectivity index (χ0n) is 9.60. The smallest absolute Gasteiger partial charge is 0.231 e. The van der Waals surface area contributed by atoms with Crippen LogP contribution < -0.4 is 14.2 Å². The van der Waals surface area contributed by atoms with Crippen molar-refractivity contribution in [1.82, 2.24) is 0 Å². The zero-order valence-corrected chi connectivity index (χ0v) is 10.4. The van der Waals surface area contributed by atoms with E-state index in [1.807, 2.05) is 0 Å². The van der Waals surface area contributed by atoms with Gasteiger partial charge in [-0.3, -0.25) is 4.79 Å². The minimum Gasteiger partial charge on any atom is -0.493 e. The Bertz CT molecular complexity index is 406. The highest BCUT2D eigenvalue weighted by Crippen LogP contribution is 2.37. The second-order valence-corrected chi connectivity index (χ2v) is 4.54. The lowest BCUT2D eigenvalue weighted by molar-refractivity contribution is 0.111. The predicted octanol–water partition coefficient (Wildman–Crippen LogP) is 2.36. The lowest BCUT2D eigenvalue weighted by atomic mass is 10.2. The first-order chi connectivity index (χ1) is 8.35. The Morgan fingerprint density at radius 3 is 2.88 bits per heavy atom. The Balaban J connectivity index is 2.07. The van der Waals surface area contributed by atoms with Crippen LogP contribution in [-0.2, 0) is 0 Å². The molecule has 5 heteroatoms. The van der Waals surface area contributed by atoms with Gasteiger partial charge in [0.15, 0.2) is 17.8 Å². The van der Waals surface area contributed by atoms with Gasteiger partial charge >= 0.3 is 0 Å². The minimum absolute atomic E-state index is 0.198. The van der Waals surface area contributed by atoms with Crippen molar-refractivity contribution in [1.29, 1.82) is 0 Å². The van der Waals surface area contributed by atoms with Crippen LogP contribution in [0.4, 0.5) is 0 Å². The normalized spacial score (nSPS) is 12.5. The van der Waals surface area contributed by atoms with Crippen molar-refractivity contribution in [3.63, 3.8) is 0 Å². The summed E-state index contributed by atoms with van der Waals surface area (Å²) in [5.74, 6) is 2.84. The Hall–Kier alpha value is -1.36. The van der Waals surface area contributed by atoms with E-state index in [9.17, 15) is 4.79 Å². The highest BCUT2D eigenvalue weighted by atomic mass is 32.2.